The molecule has 0 spiro atoms. The highest BCUT2D eigenvalue weighted by atomic mass is 35.5. The fourth-order valence-electron chi connectivity index (χ4n) is 2.20. The maximum absolute atomic E-state index is 13.5. The number of carboxylic acid groups (broad SMARTS) is 1. The number of carbonyl (C=O) groups is 1. The molecule has 1 N–H and O–H groups in total. The Morgan fingerprint density at radius 3 is 2.62 bits per heavy atom. The lowest BCUT2D eigenvalue weighted by Gasteiger charge is -2.14. The van der Waals surface area contributed by atoms with Gasteiger partial charge in [-0.05, 0) is 42.5 Å². The molecule has 2 rings (SSSR count). The zero-order valence-electron chi connectivity index (χ0n) is 9.05. The van der Waals surface area contributed by atoms with E-state index in [1.165, 1.54) is 12.1 Å². The third-order valence-corrected chi connectivity index (χ3v) is 3.73. The molecule has 0 bridgehead atoms. The highest BCUT2D eigenvalue weighted by Gasteiger charge is 2.60. The molecule has 2 unspecified atom stereocenters. The molecule has 16 heavy (non-hydrogen) atoms. The van der Waals surface area contributed by atoms with Crippen molar-refractivity contribution in [2.24, 2.45) is 5.92 Å². The molecule has 2 nitrogen and oxygen atoms in total. The summed E-state index contributed by atoms with van der Waals surface area (Å²) in [5.41, 5.74) is -0.147. The van der Waals surface area contributed by atoms with E-state index >= 15 is 0 Å². The van der Waals surface area contributed by atoms with Crippen molar-refractivity contribution in [3.63, 3.8) is 0 Å². The summed E-state index contributed by atoms with van der Waals surface area (Å²) < 4.78 is 13.5. The number of rotatable bonds is 2. The molecule has 1 aliphatic rings. The average Bonchev–Trinajstić information content (AvgIpc) is 2.85. The summed E-state index contributed by atoms with van der Waals surface area (Å²) in [7, 11) is 0. The second-order valence-electron chi connectivity index (χ2n) is 4.46. The van der Waals surface area contributed by atoms with Crippen LogP contribution in [0.2, 0.25) is 5.02 Å². The van der Waals surface area contributed by atoms with Crippen LogP contribution < -0.4 is 0 Å². The van der Waals surface area contributed by atoms with E-state index in [9.17, 15) is 14.3 Å². The van der Waals surface area contributed by atoms with E-state index in [2.05, 4.69) is 0 Å². The largest absolute Gasteiger partial charge is 0.481 e. The first-order valence-corrected chi connectivity index (χ1v) is 5.47. The van der Waals surface area contributed by atoms with Gasteiger partial charge in [0, 0.05) is 5.02 Å². The molecule has 2 atom stereocenters. The first-order chi connectivity index (χ1) is 7.39. The van der Waals surface area contributed by atoms with Crippen molar-refractivity contribution in [2.75, 3.05) is 0 Å². The van der Waals surface area contributed by atoms with Crippen molar-refractivity contribution in [1.82, 2.24) is 0 Å². The Labute approximate surface area is 98.0 Å². The molecule has 86 valence electrons. The number of halogens is 2. The summed E-state index contributed by atoms with van der Waals surface area (Å²) >= 11 is 6.01. The number of hydrogen-bond acceptors (Lipinski definition) is 1. The minimum atomic E-state index is -0.981. The topological polar surface area (TPSA) is 37.3 Å². The Morgan fingerprint density at radius 1 is 1.62 bits per heavy atom. The van der Waals surface area contributed by atoms with Crippen molar-refractivity contribution in [1.29, 1.82) is 0 Å². The van der Waals surface area contributed by atoms with Gasteiger partial charge in [0.15, 0.2) is 0 Å². The van der Waals surface area contributed by atoms with Crippen molar-refractivity contribution in [3.8, 4) is 0 Å². The standard InChI is InChI=1S/C12H12ClFO2/c1-6-3-9(13)8(4-10(6)14)12(11(15)16)5-7(12)2/h3-4,7H,5H2,1-2H3,(H,15,16). The summed E-state index contributed by atoms with van der Waals surface area (Å²) in [6, 6.07) is 2.75. The van der Waals surface area contributed by atoms with Crippen LogP contribution in [0.4, 0.5) is 4.39 Å². The summed E-state index contributed by atoms with van der Waals surface area (Å²) in [5.74, 6) is -1.33. The van der Waals surface area contributed by atoms with Crippen LogP contribution in [-0.4, -0.2) is 11.1 Å². The Bertz CT molecular complexity index is 472. The predicted molar refractivity (Wildman–Crippen MR) is 59.2 cm³/mol. The lowest BCUT2D eigenvalue weighted by Crippen LogP contribution is -2.22. The van der Waals surface area contributed by atoms with Crippen LogP contribution in [0.5, 0.6) is 0 Å². The molecule has 1 aromatic rings. The van der Waals surface area contributed by atoms with E-state index in [1.54, 1.807) is 6.92 Å². The van der Waals surface area contributed by atoms with Crippen LogP contribution in [0.1, 0.15) is 24.5 Å². The van der Waals surface area contributed by atoms with E-state index in [1.807, 2.05) is 6.92 Å². The van der Waals surface area contributed by atoms with E-state index in [-0.39, 0.29) is 5.92 Å². The van der Waals surface area contributed by atoms with Gasteiger partial charge >= 0.3 is 5.97 Å². The molecule has 1 saturated carbocycles. The average molecular weight is 243 g/mol. The van der Waals surface area contributed by atoms with Gasteiger partial charge in [0.1, 0.15) is 5.82 Å². The fraction of sp³-hybridized carbons (Fsp3) is 0.417. The zero-order chi connectivity index (χ0) is 12.1. The van der Waals surface area contributed by atoms with Gasteiger partial charge in [-0.25, -0.2) is 4.39 Å². The number of aryl methyl sites for hydroxylation is 1. The lowest BCUT2D eigenvalue weighted by molar-refractivity contribution is -0.140. The van der Waals surface area contributed by atoms with E-state index < -0.39 is 17.2 Å². The van der Waals surface area contributed by atoms with Crippen molar-refractivity contribution in [3.05, 3.63) is 34.1 Å². The van der Waals surface area contributed by atoms with Gasteiger partial charge in [-0.15, -0.1) is 0 Å². The SMILES string of the molecule is Cc1cc(Cl)c(C2(C(=O)O)CC2C)cc1F. The molecule has 0 aliphatic heterocycles. The monoisotopic (exact) mass is 242 g/mol. The van der Waals surface area contributed by atoms with E-state index in [0.29, 0.717) is 22.6 Å². The van der Waals surface area contributed by atoms with Gasteiger partial charge < -0.3 is 5.11 Å². The van der Waals surface area contributed by atoms with Crippen LogP contribution in [0.25, 0.3) is 0 Å². The van der Waals surface area contributed by atoms with Crippen LogP contribution in [0.3, 0.4) is 0 Å². The van der Waals surface area contributed by atoms with Gasteiger partial charge in [-0.3, -0.25) is 4.79 Å². The molecular weight excluding hydrogens is 231 g/mol. The second-order valence-corrected chi connectivity index (χ2v) is 4.87. The molecule has 0 amide bonds. The number of carboxylic acids is 1. The fourth-order valence-corrected chi connectivity index (χ4v) is 2.59. The molecule has 1 aromatic carbocycles. The number of aliphatic carboxylic acids is 1. The van der Waals surface area contributed by atoms with Gasteiger partial charge in [0.05, 0.1) is 5.41 Å². The smallest absolute Gasteiger partial charge is 0.314 e. The van der Waals surface area contributed by atoms with Crippen LogP contribution in [0, 0.1) is 18.7 Å². The van der Waals surface area contributed by atoms with Crippen LogP contribution in [0.15, 0.2) is 12.1 Å². The molecule has 0 radical (unpaired) electrons. The van der Waals surface area contributed by atoms with Gasteiger partial charge in [-0.1, -0.05) is 18.5 Å². The van der Waals surface area contributed by atoms with Gasteiger partial charge in [-0.2, -0.15) is 0 Å². The Morgan fingerprint density at radius 2 is 2.19 bits per heavy atom. The van der Waals surface area contributed by atoms with Crippen molar-refractivity contribution in [2.45, 2.75) is 25.7 Å². The Hall–Kier alpha value is -1.09. The normalized spacial score (nSPS) is 27.9. The third kappa shape index (κ3) is 1.42. The minimum Gasteiger partial charge on any atom is -0.481 e. The summed E-state index contributed by atoms with van der Waals surface area (Å²) in [6.45, 7) is 3.44. The third-order valence-electron chi connectivity index (χ3n) is 3.42. The highest BCUT2D eigenvalue weighted by Crippen LogP contribution is 2.56. The predicted octanol–water partition coefficient (Wildman–Crippen LogP) is 3.15. The number of benzene rings is 1. The van der Waals surface area contributed by atoms with Crippen LogP contribution in [-0.2, 0) is 10.2 Å². The van der Waals surface area contributed by atoms with Crippen molar-refractivity contribution < 1.29 is 14.3 Å². The van der Waals surface area contributed by atoms with E-state index in [0.717, 1.165) is 0 Å². The molecule has 0 aromatic heterocycles. The maximum atomic E-state index is 13.5. The molecular formula is C12H12ClFO2. The quantitative estimate of drug-likeness (QED) is 0.865. The highest BCUT2D eigenvalue weighted by molar-refractivity contribution is 6.32. The summed E-state index contributed by atoms with van der Waals surface area (Å²) in [6.07, 6.45) is 0.518. The first kappa shape index (κ1) is 11.4. The second kappa shape index (κ2) is 3.45. The molecule has 1 aliphatic carbocycles. The minimum absolute atomic E-state index is 0.00426. The van der Waals surface area contributed by atoms with E-state index in [4.69, 9.17) is 11.6 Å². The molecule has 0 heterocycles. The summed E-state index contributed by atoms with van der Waals surface area (Å²) in [5, 5.41) is 9.57. The summed E-state index contributed by atoms with van der Waals surface area (Å²) in [4.78, 5) is 11.3. The molecule has 0 saturated heterocycles. The van der Waals surface area contributed by atoms with Crippen molar-refractivity contribution >= 4 is 17.6 Å². The lowest BCUT2D eigenvalue weighted by atomic mass is 9.92. The first-order valence-electron chi connectivity index (χ1n) is 5.09. The molecule has 1 fully saturated rings. The number of hydrogen-bond donors (Lipinski definition) is 1. The van der Waals surface area contributed by atoms with Gasteiger partial charge in [0.25, 0.3) is 0 Å². The molecule has 4 heteroatoms. The van der Waals surface area contributed by atoms with Crippen LogP contribution >= 0.6 is 11.6 Å². The Balaban J connectivity index is 2.57. The Kier molecular flexibility index (Phi) is 2.46. The van der Waals surface area contributed by atoms with Gasteiger partial charge in [0.2, 0.25) is 0 Å². The zero-order valence-corrected chi connectivity index (χ0v) is 9.81. The maximum Gasteiger partial charge on any atom is 0.314 e.